The Bertz CT molecular complexity index is 881. The number of carbonyl (C=O) groups excluding carboxylic acids is 1. The van der Waals surface area contributed by atoms with E-state index in [2.05, 4.69) is 18.8 Å². The third-order valence-electron chi connectivity index (χ3n) is 3.54. The molecule has 0 spiro atoms. The lowest BCUT2D eigenvalue weighted by atomic mass is 10.0. The van der Waals surface area contributed by atoms with Crippen molar-refractivity contribution < 1.29 is 4.79 Å². The van der Waals surface area contributed by atoms with Crippen molar-refractivity contribution in [2.45, 2.75) is 32.1 Å². The molecular formula is C16H21N3O3S. The zero-order chi connectivity index (χ0) is 17.3. The Morgan fingerprint density at radius 3 is 2.48 bits per heavy atom. The van der Waals surface area contributed by atoms with E-state index in [1.54, 1.807) is 13.2 Å². The molecule has 0 N–H and O–H groups in total. The number of Topliss-reactive ketones (excluding diaryl/α,β-unsaturated/α-hetero) is 1. The predicted molar refractivity (Wildman–Crippen MR) is 92.2 cm³/mol. The predicted octanol–water partition coefficient (Wildman–Crippen LogP) is 1.51. The van der Waals surface area contributed by atoms with Crippen LogP contribution in [-0.2, 0) is 25.3 Å². The van der Waals surface area contributed by atoms with Gasteiger partial charge in [0.25, 0.3) is 5.56 Å². The molecule has 0 bridgehead atoms. The Morgan fingerprint density at radius 2 is 1.91 bits per heavy atom. The van der Waals surface area contributed by atoms with Crippen molar-refractivity contribution in [2.75, 3.05) is 5.75 Å². The molecule has 2 aromatic rings. The SMILES string of the molecule is CC(=O)CSc1c(CC(C)C)cnc2c1c(=O)n(C)c(=O)n2C. The summed E-state index contributed by atoms with van der Waals surface area (Å²) in [5.41, 5.74) is 0.521. The molecule has 23 heavy (non-hydrogen) atoms. The largest absolute Gasteiger partial charge is 0.332 e. The highest BCUT2D eigenvalue weighted by molar-refractivity contribution is 8.00. The molecule has 0 saturated heterocycles. The molecule has 0 aliphatic heterocycles. The van der Waals surface area contributed by atoms with E-state index in [1.165, 1.54) is 30.3 Å². The van der Waals surface area contributed by atoms with Crippen LogP contribution in [0.25, 0.3) is 11.0 Å². The summed E-state index contributed by atoms with van der Waals surface area (Å²) in [5.74, 6) is 0.718. The number of aromatic nitrogens is 3. The van der Waals surface area contributed by atoms with Crippen LogP contribution in [0, 0.1) is 5.92 Å². The normalized spacial score (nSPS) is 11.4. The van der Waals surface area contributed by atoms with Gasteiger partial charge in [0.1, 0.15) is 11.4 Å². The molecule has 2 aromatic heterocycles. The number of pyridine rings is 1. The molecule has 2 rings (SSSR count). The van der Waals surface area contributed by atoms with Crippen molar-refractivity contribution in [1.82, 2.24) is 14.1 Å². The summed E-state index contributed by atoms with van der Waals surface area (Å²) in [4.78, 5) is 41.2. The molecule has 124 valence electrons. The van der Waals surface area contributed by atoms with Gasteiger partial charge in [-0.3, -0.25) is 18.7 Å². The molecule has 2 heterocycles. The highest BCUT2D eigenvalue weighted by Crippen LogP contribution is 2.29. The first kappa shape index (κ1) is 17.5. The van der Waals surface area contributed by atoms with Gasteiger partial charge in [-0.2, -0.15) is 0 Å². The van der Waals surface area contributed by atoms with Gasteiger partial charge in [-0.25, -0.2) is 9.78 Å². The van der Waals surface area contributed by atoms with Crippen LogP contribution in [0.2, 0.25) is 0 Å². The summed E-state index contributed by atoms with van der Waals surface area (Å²) in [6, 6.07) is 0. The molecular weight excluding hydrogens is 314 g/mol. The lowest BCUT2D eigenvalue weighted by molar-refractivity contribution is -0.114. The maximum absolute atomic E-state index is 12.6. The molecule has 7 heteroatoms. The third kappa shape index (κ3) is 3.39. The Labute approximate surface area is 138 Å². The van der Waals surface area contributed by atoms with Crippen molar-refractivity contribution in [3.8, 4) is 0 Å². The van der Waals surface area contributed by atoms with Crippen LogP contribution in [0.5, 0.6) is 0 Å². The molecule has 0 amide bonds. The lowest BCUT2D eigenvalue weighted by Gasteiger charge is -2.15. The van der Waals surface area contributed by atoms with Gasteiger partial charge >= 0.3 is 5.69 Å². The van der Waals surface area contributed by atoms with Gasteiger partial charge < -0.3 is 0 Å². The summed E-state index contributed by atoms with van der Waals surface area (Å²) in [7, 11) is 3.05. The van der Waals surface area contributed by atoms with Crippen LogP contribution in [0.4, 0.5) is 0 Å². The second kappa shape index (κ2) is 6.70. The number of ketones is 1. The summed E-state index contributed by atoms with van der Waals surface area (Å²) in [5, 5.41) is 0.416. The average molecular weight is 335 g/mol. The number of hydrogen-bond donors (Lipinski definition) is 0. The number of hydrogen-bond acceptors (Lipinski definition) is 5. The maximum atomic E-state index is 12.6. The van der Waals surface area contributed by atoms with Crippen LogP contribution in [-0.4, -0.2) is 25.7 Å². The number of fused-ring (bicyclic) bond motifs is 1. The smallest absolute Gasteiger partial charge is 0.299 e. The van der Waals surface area contributed by atoms with E-state index >= 15 is 0 Å². The fraction of sp³-hybridized carbons (Fsp3) is 0.500. The number of aryl methyl sites for hydroxylation is 1. The first-order valence-corrected chi connectivity index (χ1v) is 8.42. The van der Waals surface area contributed by atoms with Crippen molar-refractivity contribution >= 4 is 28.6 Å². The van der Waals surface area contributed by atoms with E-state index < -0.39 is 5.69 Å². The van der Waals surface area contributed by atoms with Crippen molar-refractivity contribution in [2.24, 2.45) is 20.0 Å². The highest BCUT2D eigenvalue weighted by atomic mass is 32.2. The van der Waals surface area contributed by atoms with Gasteiger partial charge in [-0.15, -0.1) is 11.8 Å². The fourth-order valence-corrected chi connectivity index (χ4v) is 3.46. The Balaban J connectivity index is 2.84. The van der Waals surface area contributed by atoms with Crippen molar-refractivity contribution in [1.29, 1.82) is 0 Å². The molecule has 0 unspecified atom stereocenters. The van der Waals surface area contributed by atoms with Crippen LogP contribution >= 0.6 is 11.8 Å². The molecule has 0 aromatic carbocycles. The van der Waals surface area contributed by atoms with E-state index in [0.29, 0.717) is 17.0 Å². The fourth-order valence-electron chi connectivity index (χ4n) is 2.47. The number of rotatable bonds is 5. The summed E-state index contributed by atoms with van der Waals surface area (Å²) < 4.78 is 2.45. The van der Waals surface area contributed by atoms with Crippen LogP contribution in [0.15, 0.2) is 20.7 Å². The Morgan fingerprint density at radius 1 is 1.26 bits per heavy atom. The number of thioether (sulfide) groups is 1. The van der Waals surface area contributed by atoms with E-state index in [-0.39, 0.29) is 17.1 Å². The van der Waals surface area contributed by atoms with Gasteiger partial charge in [0.2, 0.25) is 0 Å². The first-order valence-electron chi connectivity index (χ1n) is 7.43. The van der Waals surface area contributed by atoms with Crippen LogP contribution < -0.4 is 11.2 Å². The topological polar surface area (TPSA) is 74.0 Å². The van der Waals surface area contributed by atoms with Gasteiger partial charge in [0.05, 0.1) is 11.1 Å². The highest BCUT2D eigenvalue weighted by Gasteiger charge is 2.18. The standard InChI is InChI=1S/C16H21N3O3S/c1-9(2)6-11-7-17-14-12(13(11)23-8-10(3)20)15(21)19(5)16(22)18(14)4/h7,9H,6,8H2,1-5H3. The van der Waals surface area contributed by atoms with Crippen molar-refractivity contribution in [3.63, 3.8) is 0 Å². The minimum absolute atomic E-state index is 0.0390. The average Bonchev–Trinajstić information content (AvgIpc) is 2.48. The minimum Gasteiger partial charge on any atom is -0.299 e. The van der Waals surface area contributed by atoms with Gasteiger partial charge in [-0.1, -0.05) is 13.8 Å². The zero-order valence-electron chi connectivity index (χ0n) is 14.0. The van der Waals surface area contributed by atoms with Gasteiger partial charge in [0, 0.05) is 25.2 Å². The first-order chi connectivity index (χ1) is 10.7. The lowest BCUT2D eigenvalue weighted by Crippen LogP contribution is -2.37. The Hall–Kier alpha value is -1.89. The zero-order valence-corrected chi connectivity index (χ0v) is 14.9. The van der Waals surface area contributed by atoms with Gasteiger partial charge in [0.15, 0.2) is 0 Å². The van der Waals surface area contributed by atoms with Crippen LogP contribution in [0.1, 0.15) is 26.3 Å². The molecule has 0 fully saturated rings. The monoisotopic (exact) mass is 335 g/mol. The molecule has 0 aliphatic carbocycles. The number of carbonyl (C=O) groups is 1. The summed E-state index contributed by atoms with van der Waals surface area (Å²) in [6.07, 6.45) is 2.47. The molecule has 0 saturated carbocycles. The molecule has 6 nitrogen and oxygen atoms in total. The molecule has 0 radical (unpaired) electrons. The second-order valence-electron chi connectivity index (χ2n) is 6.11. The van der Waals surface area contributed by atoms with Gasteiger partial charge in [-0.05, 0) is 24.8 Å². The minimum atomic E-state index is -0.408. The molecule has 0 atom stereocenters. The van der Waals surface area contributed by atoms with E-state index in [4.69, 9.17) is 0 Å². The maximum Gasteiger partial charge on any atom is 0.332 e. The van der Waals surface area contributed by atoms with Crippen LogP contribution in [0.3, 0.4) is 0 Å². The third-order valence-corrected chi connectivity index (χ3v) is 4.85. The van der Waals surface area contributed by atoms with Crippen molar-refractivity contribution in [3.05, 3.63) is 32.6 Å². The van der Waals surface area contributed by atoms with E-state index in [9.17, 15) is 14.4 Å². The van der Waals surface area contributed by atoms with E-state index in [1.807, 2.05) is 0 Å². The molecule has 0 aliphatic rings. The summed E-state index contributed by atoms with van der Waals surface area (Å²) in [6.45, 7) is 5.69. The Kier molecular flexibility index (Phi) is 5.09. The second-order valence-corrected chi connectivity index (χ2v) is 7.09. The van der Waals surface area contributed by atoms with E-state index in [0.717, 1.165) is 21.4 Å². The summed E-state index contributed by atoms with van der Waals surface area (Å²) >= 11 is 1.35. The number of nitrogens with zero attached hydrogens (tertiary/aromatic N) is 3. The quantitative estimate of drug-likeness (QED) is 0.775.